The number of hydrogen-bond acceptors (Lipinski definition) is 6. The van der Waals surface area contributed by atoms with Gasteiger partial charge in [-0.25, -0.2) is 4.79 Å². The molecule has 0 atom stereocenters. The van der Waals surface area contributed by atoms with E-state index in [0.29, 0.717) is 5.75 Å². The Morgan fingerprint density at radius 1 is 1.21 bits per heavy atom. The van der Waals surface area contributed by atoms with E-state index in [0.717, 1.165) is 0 Å². The maximum Gasteiger partial charge on any atom is 0.374 e. The Bertz CT molecular complexity index is 601. The summed E-state index contributed by atoms with van der Waals surface area (Å²) in [6.07, 6.45) is 0. The van der Waals surface area contributed by atoms with Crippen LogP contribution in [0.5, 0.6) is 11.7 Å². The van der Waals surface area contributed by atoms with Crippen molar-refractivity contribution in [3.63, 3.8) is 0 Å². The van der Waals surface area contributed by atoms with Crippen LogP contribution in [0.3, 0.4) is 0 Å². The monoisotopic (exact) mass is 263 g/mol. The summed E-state index contributed by atoms with van der Waals surface area (Å²) < 4.78 is 14.9. The van der Waals surface area contributed by atoms with Crippen molar-refractivity contribution in [3.8, 4) is 11.7 Å². The van der Waals surface area contributed by atoms with Crippen molar-refractivity contribution in [2.75, 3.05) is 7.11 Å². The zero-order valence-electron chi connectivity index (χ0n) is 9.86. The van der Waals surface area contributed by atoms with Crippen LogP contribution in [0.25, 0.3) is 0 Å². The van der Waals surface area contributed by atoms with E-state index in [1.807, 2.05) is 0 Å². The highest BCUT2D eigenvalue weighted by Crippen LogP contribution is 2.25. The molecule has 0 N–H and O–H groups in total. The zero-order valence-corrected chi connectivity index (χ0v) is 9.86. The average molecular weight is 263 g/mol. The molecule has 0 radical (unpaired) electrons. The summed E-state index contributed by atoms with van der Waals surface area (Å²) in [5, 5.41) is 10.5. The molecule has 19 heavy (non-hydrogen) atoms. The number of nitro benzene ring substituents is 1. The second-order valence-electron chi connectivity index (χ2n) is 3.46. The highest BCUT2D eigenvalue weighted by molar-refractivity contribution is 5.86. The van der Waals surface area contributed by atoms with Gasteiger partial charge in [0.05, 0.1) is 12.0 Å². The molecule has 2 aromatic rings. The van der Waals surface area contributed by atoms with Crippen LogP contribution in [-0.2, 0) is 4.74 Å². The third-order valence-electron chi connectivity index (χ3n) is 2.23. The smallest absolute Gasteiger partial charge is 0.374 e. The maximum absolute atomic E-state index is 11.2. The minimum atomic E-state index is -0.612. The molecule has 1 aromatic carbocycles. The molecule has 1 aromatic heterocycles. The molecule has 1 heterocycles. The van der Waals surface area contributed by atoms with Gasteiger partial charge >= 0.3 is 5.97 Å². The molecule has 98 valence electrons. The number of carbonyl (C=O) groups is 1. The first-order chi connectivity index (χ1) is 9.10. The van der Waals surface area contributed by atoms with Crippen LogP contribution in [-0.4, -0.2) is 18.0 Å². The summed E-state index contributed by atoms with van der Waals surface area (Å²) in [4.78, 5) is 21.1. The van der Waals surface area contributed by atoms with E-state index < -0.39 is 10.9 Å². The summed E-state index contributed by atoms with van der Waals surface area (Å²) >= 11 is 0. The number of hydrogen-bond donors (Lipinski definition) is 0. The van der Waals surface area contributed by atoms with Crippen LogP contribution in [0.4, 0.5) is 5.69 Å². The fraction of sp³-hybridized carbons (Fsp3) is 0.0833. The lowest BCUT2D eigenvalue weighted by Gasteiger charge is -2.01. The van der Waals surface area contributed by atoms with Gasteiger partial charge in [0.15, 0.2) is 0 Å². The molecule has 0 saturated carbocycles. The number of furan rings is 1. The van der Waals surface area contributed by atoms with Gasteiger partial charge in [0, 0.05) is 18.2 Å². The van der Waals surface area contributed by atoms with E-state index >= 15 is 0 Å². The Kier molecular flexibility index (Phi) is 3.46. The number of rotatable bonds is 4. The van der Waals surface area contributed by atoms with Crippen molar-refractivity contribution >= 4 is 11.7 Å². The van der Waals surface area contributed by atoms with Gasteiger partial charge in [0.2, 0.25) is 5.76 Å². The van der Waals surface area contributed by atoms with Gasteiger partial charge < -0.3 is 13.9 Å². The highest BCUT2D eigenvalue weighted by atomic mass is 16.6. The van der Waals surface area contributed by atoms with Crippen molar-refractivity contribution in [2.24, 2.45) is 0 Å². The van der Waals surface area contributed by atoms with Crippen molar-refractivity contribution in [1.29, 1.82) is 0 Å². The molecule has 0 aliphatic heterocycles. The van der Waals surface area contributed by atoms with Crippen LogP contribution >= 0.6 is 0 Å². The number of methoxy groups -OCH3 is 1. The fourth-order valence-corrected chi connectivity index (χ4v) is 1.34. The van der Waals surface area contributed by atoms with Crippen molar-refractivity contribution in [2.45, 2.75) is 0 Å². The van der Waals surface area contributed by atoms with Crippen LogP contribution in [0.1, 0.15) is 10.6 Å². The van der Waals surface area contributed by atoms with Crippen LogP contribution in [0.2, 0.25) is 0 Å². The molecule has 0 aliphatic carbocycles. The van der Waals surface area contributed by atoms with Crippen molar-refractivity contribution in [1.82, 2.24) is 0 Å². The second-order valence-corrected chi connectivity index (χ2v) is 3.46. The summed E-state index contributed by atoms with van der Waals surface area (Å²) in [7, 11) is 1.24. The summed E-state index contributed by atoms with van der Waals surface area (Å²) in [5.74, 6) is -0.149. The molecule has 0 aliphatic rings. The topological polar surface area (TPSA) is 91.8 Å². The predicted octanol–water partition coefficient (Wildman–Crippen LogP) is 2.77. The van der Waals surface area contributed by atoms with Crippen molar-refractivity contribution in [3.05, 3.63) is 52.3 Å². The highest BCUT2D eigenvalue weighted by Gasteiger charge is 2.12. The molecular formula is C12H9NO6. The normalized spacial score (nSPS) is 9.95. The van der Waals surface area contributed by atoms with Gasteiger partial charge in [-0.3, -0.25) is 10.1 Å². The first kappa shape index (κ1) is 12.6. The maximum atomic E-state index is 11.2. The quantitative estimate of drug-likeness (QED) is 0.478. The average Bonchev–Trinajstić information content (AvgIpc) is 2.87. The van der Waals surface area contributed by atoms with E-state index in [1.54, 1.807) is 0 Å². The molecule has 0 saturated heterocycles. The van der Waals surface area contributed by atoms with E-state index in [2.05, 4.69) is 4.74 Å². The molecule has 0 bridgehead atoms. The minimum Gasteiger partial charge on any atom is -0.463 e. The number of carbonyl (C=O) groups excluding carboxylic acids is 1. The number of benzene rings is 1. The Morgan fingerprint density at radius 2 is 1.89 bits per heavy atom. The number of ether oxygens (including phenoxy) is 2. The standard InChI is InChI=1S/C12H9NO6/c1-17-12(14)10-6-7-11(19-10)18-9-4-2-8(3-5-9)13(15)16/h2-7H,1H3. The Morgan fingerprint density at radius 3 is 2.47 bits per heavy atom. The van der Waals surface area contributed by atoms with Crippen molar-refractivity contribution < 1.29 is 23.6 Å². The van der Waals surface area contributed by atoms with E-state index in [4.69, 9.17) is 9.15 Å². The Labute approximate surface area is 107 Å². The fourth-order valence-electron chi connectivity index (χ4n) is 1.34. The summed E-state index contributed by atoms with van der Waals surface area (Å²) in [6.45, 7) is 0. The SMILES string of the molecule is COC(=O)c1ccc(Oc2ccc([N+](=O)[O-])cc2)o1. The Hall–Kier alpha value is -2.83. The largest absolute Gasteiger partial charge is 0.463 e. The Balaban J connectivity index is 2.10. The van der Waals surface area contributed by atoms with Crippen LogP contribution in [0, 0.1) is 10.1 Å². The summed E-state index contributed by atoms with van der Waals surface area (Å²) in [6, 6.07) is 8.33. The molecule has 0 unspecified atom stereocenters. The van der Waals surface area contributed by atoms with Gasteiger partial charge in [0.1, 0.15) is 5.75 Å². The van der Waals surface area contributed by atoms with Crippen LogP contribution < -0.4 is 4.74 Å². The van der Waals surface area contributed by atoms with Gasteiger partial charge in [-0.05, 0) is 18.2 Å². The number of nitrogens with zero attached hydrogens (tertiary/aromatic N) is 1. The third kappa shape index (κ3) is 2.89. The lowest BCUT2D eigenvalue weighted by molar-refractivity contribution is -0.384. The molecule has 0 spiro atoms. The first-order valence-corrected chi connectivity index (χ1v) is 5.20. The molecule has 7 nitrogen and oxygen atoms in total. The van der Waals surface area contributed by atoms with Gasteiger partial charge in [-0.2, -0.15) is 0 Å². The van der Waals surface area contributed by atoms with E-state index in [-0.39, 0.29) is 17.4 Å². The lowest BCUT2D eigenvalue weighted by Crippen LogP contribution is -1.98. The van der Waals surface area contributed by atoms with E-state index in [9.17, 15) is 14.9 Å². The molecule has 2 rings (SSSR count). The molecular weight excluding hydrogens is 254 g/mol. The first-order valence-electron chi connectivity index (χ1n) is 5.20. The molecule has 0 amide bonds. The lowest BCUT2D eigenvalue weighted by atomic mass is 10.3. The zero-order chi connectivity index (χ0) is 13.8. The number of non-ortho nitro benzene ring substituents is 1. The summed E-state index contributed by atoms with van der Waals surface area (Å²) in [5.41, 5.74) is -0.0398. The molecule has 0 fully saturated rings. The van der Waals surface area contributed by atoms with Gasteiger partial charge in [-0.1, -0.05) is 0 Å². The number of esters is 1. The number of nitro groups is 1. The predicted molar refractivity (Wildman–Crippen MR) is 63.2 cm³/mol. The minimum absolute atomic E-state index is 0.0133. The second kappa shape index (κ2) is 5.21. The van der Waals surface area contributed by atoms with E-state index in [1.165, 1.54) is 43.5 Å². The van der Waals surface area contributed by atoms with Crippen LogP contribution in [0.15, 0.2) is 40.8 Å². The van der Waals surface area contributed by atoms with Gasteiger partial charge in [0.25, 0.3) is 11.6 Å². The molecule has 7 heteroatoms. The van der Waals surface area contributed by atoms with Gasteiger partial charge in [-0.15, -0.1) is 0 Å². The third-order valence-corrected chi connectivity index (χ3v) is 2.23.